The third-order valence-corrected chi connectivity index (χ3v) is 7.59. The van der Waals surface area contributed by atoms with Crippen LogP contribution in [0.25, 0.3) is 5.69 Å². The Labute approximate surface area is 193 Å². The zero-order valence-electron chi connectivity index (χ0n) is 17.3. The van der Waals surface area contributed by atoms with E-state index in [1.54, 1.807) is 6.92 Å². The van der Waals surface area contributed by atoms with Crippen LogP contribution < -0.4 is 0 Å². The van der Waals surface area contributed by atoms with Crippen LogP contribution >= 0.6 is 11.6 Å². The lowest BCUT2D eigenvalue weighted by molar-refractivity contribution is 0.0697. The van der Waals surface area contributed by atoms with Crippen LogP contribution in [0.15, 0.2) is 47.4 Å². The summed E-state index contributed by atoms with van der Waals surface area (Å²) in [6.07, 6.45) is 0. The van der Waals surface area contributed by atoms with Crippen molar-refractivity contribution in [2.75, 3.05) is 26.2 Å². The first kappa shape index (κ1) is 23.3. The molecule has 0 spiro atoms. The fraction of sp³-hybridized carbons (Fsp3) is 0.238. The number of carbonyl (C=O) groups excluding carboxylic acids is 1. The smallest absolute Gasteiger partial charge is 0.259 e. The Hall–Kier alpha value is -2.89. The molecule has 1 fully saturated rings. The fourth-order valence-corrected chi connectivity index (χ4v) is 5.45. The van der Waals surface area contributed by atoms with Crippen molar-refractivity contribution < 1.29 is 26.4 Å². The standard InChI is InChI=1S/C21H18ClF3N4O3S/c1-13-19(20(22)29(26-13)16-5-2-14(23)3-6-16)21(30)27-8-10-28(11-9-27)33(31,32)18-12-15(24)4-7-17(18)25/h2-7,12H,8-11H2,1H3. The van der Waals surface area contributed by atoms with Crippen molar-refractivity contribution in [1.29, 1.82) is 0 Å². The van der Waals surface area contributed by atoms with Crippen molar-refractivity contribution in [3.05, 3.63) is 76.3 Å². The zero-order chi connectivity index (χ0) is 23.9. The van der Waals surface area contributed by atoms with Gasteiger partial charge in [0.15, 0.2) is 0 Å². The minimum atomic E-state index is -4.27. The number of benzene rings is 2. The molecule has 174 valence electrons. The molecule has 3 aromatic rings. The molecule has 2 aromatic carbocycles. The van der Waals surface area contributed by atoms with E-state index in [1.165, 1.54) is 33.8 Å². The summed E-state index contributed by atoms with van der Waals surface area (Å²) >= 11 is 6.41. The Morgan fingerprint density at radius 3 is 2.21 bits per heavy atom. The maximum absolute atomic E-state index is 14.0. The van der Waals surface area contributed by atoms with Gasteiger partial charge in [0.2, 0.25) is 10.0 Å². The number of aromatic nitrogens is 2. The Balaban J connectivity index is 1.52. The van der Waals surface area contributed by atoms with Crippen LogP contribution in [0.1, 0.15) is 16.1 Å². The van der Waals surface area contributed by atoms with Crippen molar-refractivity contribution in [3.63, 3.8) is 0 Å². The molecule has 7 nitrogen and oxygen atoms in total. The number of aryl methyl sites for hydroxylation is 1. The van der Waals surface area contributed by atoms with Gasteiger partial charge in [-0.1, -0.05) is 11.6 Å². The lowest BCUT2D eigenvalue weighted by Gasteiger charge is -2.34. The maximum atomic E-state index is 14.0. The van der Waals surface area contributed by atoms with Gasteiger partial charge in [0.1, 0.15) is 27.5 Å². The normalized spacial score (nSPS) is 15.1. The highest BCUT2D eigenvalue weighted by Gasteiger charge is 2.34. The van der Waals surface area contributed by atoms with Crippen LogP contribution in [0.3, 0.4) is 0 Å². The Morgan fingerprint density at radius 2 is 1.58 bits per heavy atom. The molecule has 2 heterocycles. The molecule has 0 aliphatic carbocycles. The molecule has 0 unspecified atom stereocenters. The molecule has 1 aliphatic heterocycles. The van der Waals surface area contributed by atoms with Crippen LogP contribution in [0.4, 0.5) is 13.2 Å². The molecular formula is C21H18ClF3N4O3S. The number of sulfonamides is 1. The highest BCUT2D eigenvalue weighted by Crippen LogP contribution is 2.27. The average molecular weight is 499 g/mol. The van der Waals surface area contributed by atoms with Gasteiger partial charge in [0, 0.05) is 26.2 Å². The van der Waals surface area contributed by atoms with Crippen LogP contribution in [0.2, 0.25) is 5.15 Å². The van der Waals surface area contributed by atoms with Crippen LogP contribution in [0, 0.1) is 24.4 Å². The van der Waals surface area contributed by atoms with E-state index >= 15 is 0 Å². The second-order valence-electron chi connectivity index (χ2n) is 7.41. The molecule has 1 aliphatic rings. The molecule has 0 saturated carbocycles. The summed E-state index contributed by atoms with van der Waals surface area (Å²) < 4.78 is 68.5. The molecule has 0 N–H and O–H groups in total. The Morgan fingerprint density at radius 1 is 0.970 bits per heavy atom. The summed E-state index contributed by atoms with van der Waals surface area (Å²) in [4.78, 5) is 13.8. The fourth-order valence-electron chi connectivity index (χ4n) is 3.60. The quantitative estimate of drug-likeness (QED) is 0.552. The molecule has 4 rings (SSSR count). The van der Waals surface area contributed by atoms with Crippen molar-refractivity contribution in [2.45, 2.75) is 11.8 Å². The van der Waals surface area contributed by atoms with E-state index in [9.17, 15) is 26.4 Å². The SMILES string of the molecule is Cc1nn(-c2ccc(F)cc2)c(Cl)c1C(=O)N1CCN(S(=O)(=O)c2cc(F)ccc2F)CC1. The van der Waals surface area contributed by atoms with E-state index in [-0.39, 0.29) is 36.9 Å². The first-order valence-corrected chi connectivity index (χ1v) is 11.7. The highest BCUT2D eigenvalue weighted by molar-refractivity contribution is 7.89. The van der Waals surface area contributed by atoms with Gasteiger partial charge in [-0.05, 0) is 49.4 Å². The van der Waals surface area contributed by atoms with E-state index in [1.807, 2.05) is 0 Å². The van der Waals surface area contributed by atoms with E-state index in [4.69, 9.17) is 11.6 Å². The van der Waals surface area contributed by atoms with Crippen molar-refractivity contribution in [1.82, 2.24) is 19.0 Å². The third kappa shape index (κ3) is 4.35. The van der Waals surface area contributed by atoms with Crippen LogP contribution in [-0.4, -0.2) is 59.5 Å². The second-order valence-corrected chi connectivity index (χ2v) is 9.67. The predicted molar refractivity (Wildman–Crippen MR) is 114 cm³/mol. The van der Waals surface area contributed by atoms with Crippen molar-refractivity contribution in [3.8, 4) is 5.69 Å². The summed E-state index contributed by atoms with van der Waals surface area (Å²) in [5, 5.41) is 4.31. The molecule has 1 saturated heterocycles. The number of rotatable bonds is 4. The van der Waals surface area contributed by atoms with Crippen LogP contribution in [-0.2, 0) is 10.0 Å². The van der Waals surface area contributed by atoms with E-state index in [2.05, 4.69) is 5.10 Å². The summed E-state index contributed by atoms with van der Waals surface area (Å²) in [7, 11) is -4.27. The summed E-state index contributed by atoms with van der Waals surface area (Å²) in [6.45, 7) is 1.44. The van der Waals surface area contributed by atoms with Gasteiger partial charge in [-0.3, -0.25) is 4.79 Å². The number of amides is 1. The van der Waals surface area contributed by atoms with E-state index in [0.29, 0.717) is 17.4 Å². The van der Waals surface area contributed by atoms with Gasteiger partial charge in [0.25, 0.3) is 5.91 Å². The maximum Gasteiger partial charge on any atom is 0.259 e. The molecule has 12 heteroatoms. The first-order chi connectivity index (χ1) is 15.6. The van der Waals surface area contributed by atoms with Gasteiger partial charge in [-0.25, -0.2) is 26.3 Å². The molecular weight excluding hydrogens is 481 g/mol. The number of hydrogen-bond acceptors (Lipinski definition) is 4. The topological polar surface area (TPSA) is 75.5 Å². The molecule has 1 aromatic heterocycles. The first-order valence-electron chi connectivity index (χ1n) is 9.85. The summed E-state index contributed by atoms with van der Waals surface area (Å²) in [6, 6.07) is 7.65. The summed E-state index contributed by atoms with van der Waals surface area (Å²) in [5.41, 5.74) is 0.969. The minimum absolute atomic E-state index is 0.0203. The van der Waals surface area contributed by atoms with Gasteiger partial charge in [-0.15, -0.1) is 0 Å². The third-order valence-electron chi connectivity index (χ3n) is 5.33. The van der Waals surface area contributed by atoms with Gasteiger partial charge in [0.05, 0.1) is 16.9 Å². The predicted octanol–water partition coefficient (Wildman–Crippen LogP) is 3.40. The van der Waals surface area contributed by atoms with Crippen molar-refractivity contribution in [2.24, 2.45) is 0 Å². The molecule has 0 bridgehead atoms. The number of hydrogen-bond donors (Lipinski definition) is 0. The number of halogens is 4. The molecule has 33 heavy (non-hydrogen) atoms. The zero-order valence-corrected chi connectivity index (χ0v) is 18.9. The molecule has 0 atom stereocenters. The lowest BCUT2D eigenvalue weighted by Crippen LogP contribution is -2.50. The largest absolute Gasteiger partial charge is 0.336 e. The molecule has 0 radical (unpaired) electrons. The monoisotopic (exact) mass is 498 g/mol. The van der Waals surface area contributed by atoms with Crippen LogP contribution in [0.5, 0.6) is 0 Å². The Bertz CT molecular complexity index is 1320. The number of carbonyl (C=O) groups is 1. The average Bonchev–Trinajstić information content (AvgIpc) is 3.09. The van der Waals surface area contributed by atoms with Gasteiger partial charge in [-0.2, -0.15) is 9.40 Å². The highest BCUT2D eigenvalue weighted by atomic mass is 35.5. The second kappa shape index (κ2) is 8.81. The van der Waals surface area contributed by atoms with Crippen molar-refractivity contribution >= 4 is 27.5 Å². The lowest BCUT2D eigenvalue weighted by atomic mass is 10.2. The molecule has 1 amide bonds. The Kier molecular flexibility index (Phi) is 6.21. The minimum Gasteiger partial charge on any atom is -0.336 e. The van der Waals surface area contributed by atoms with E-state index in [0.717, 1.165) is 16.4 Å². The van der Waals surface area contributed by atoms with Gasteiger partial charge < -0.3 is 4.90 Å². The number of nitrogens with zero attached hydrogens (tertiary/aromatic N) is 4. The number of piperazine rings is 1. The van der Waals surface area contributed by atoms with Gasteiger partial charge >= 0.3 is 0 Å². The van der Waals surface area contributed by atoms with E-state index < -0.39 is 38.3 Å². The summed E-state index contributed by atoms with van der Waals surface area (Å²) in [5.74, 6) is -2.79.